The molecule has 3 N–H and O–H groups in total. The number of amides is 3. The van der Waals surface area contributed by atoms with Crippen LogP contribution < -0.4 is 16.0 Å². The van der Waals surface area contributed by atoms with Crippen molar-refractivity contribution in [3.05, 3.63) is 58.9 Å². The SMILES string of the molecule is O=C(NC[C@@]1(C(F)(F)F)OC(=O)Nc2ccc(Cl)cc21)Nc1ccc(F)cc1. The van der Waals surface area contributed by atoms with Crippen LogP contribution in [0.2, 0.25) is 5.02 Å². The maximum atomic E-state index is 13.9. The molecule has 0 radical (unpaired) electrons. The number of fused-ring (bicyclic) bond motifs is 1. The Morgan fingerprint density at radius 1 is 1.18 bits per heavy atom. The largest absolute Gasteiger partial charge is 0.434 e. The minimum absolute atomic E-state index is 0.0112. The molecule has 0 bridgehead atoms. The number of carbonyl (C=O) groups is 2. The lowest BCUT2D eigenvalue weighted by Crippen LogP contribution is -2.57. The van der Waals surface area contributed by atoms with E-state index in [0.29, 0.717) is 0 Å². The number of anilines is 2. The molecule has 2 aromatic carbocycles. The van der Waals surface area contributed by atoms with Gasteiger partial charge in [0, 0.05) is 16.3 Å². The first-order chi connectivity index (χ1) is 13.1. The first-order valence-electron chi connectivity index (χ1n) is 7.78. The van der Waals surface area contributed by atoms with Crippen molar-refractivity contribution >= 4 is 35.1 Å². The highest BCUT2D eigenvalue weighted by Crippen LogP contribution is 2.47. The summed E-state index contributed by atoms with van der Waals surface area (Å²) in [5, 5.41) is 6.44. The summed E-state index contributed by atoms with van der Waals surface area (Å²) in [7, 11) is 0. The number of hydrogen-bond acceptors (Lipinski definition) is 3. The van der Waals surface area contributed by atoms with E-state index in [9.17, 15) is 27.2 Å². The third-order valence-electron chi connectivity index (χ3n) is 3.98. The number of nitrogens with one attached hydrogen (secondary N) is 3. The Hall–Kier alpha value is -3.01. The number of hydrogen-bond donors (Lipinski definition) is 3. The summed E-state index contributed by atoms with van der Waals surface area (Å²) in [6.07, 6.45) is -6.39. The van der Waals surface area contributed by atoms with Gasteiger partial charge in [0.25, 0.3) is 5.60 Å². The van der Waals surface area contributed by atoms with Gasteiger partial charge < -0.3 is 15.4 Å². The molecule has 0 aliphatic carbocycles. The molecule has 1 aliphatic heterocycles. The van der Waals surface area contributed by atoms with Crippen LogP contribution in [0.1, 0.15) is 5.56 Å². The zero-order valence-electron chi connectivity index (χ0n) is 13.9. The molecule has 0 unspecified atom stereocenters. The normalized spacial score (nSPS) is 18.5. The van der Waals surface area contributed by atoms with Crippen molar-refractivity contribution in [1.29, 1.82) is 0 Å². The maximum Gasteiger partial charge on any atom is 0.434 e. The quantitative estimate of drug-likeness (QED) is 0.637. The number of cyclic esters (lactones) is 1. The third-order valence-corrected chi connectivity index (χ3v) is 4.21. The van der Waals surface area contributed by atoms with Crippen LogP contribution in [0.5, 0.6) is 0 Å². The fourth-order valence-corrected chi connectivity index (χ4v) is 2.84. The number of halogens is 5. The van der Waals surface area contributed by atoms with E-state index >= 15 is 0 Å². The molecule has 0 fully saturated rings. The van der Waals surface area contributed by atoms with Gasteiger partial charge in [0.15, 0.2) is 0 Å². The molecule has 0 aromatic heterocycles. The molecule has 1 aliphatic rings. The van der Waals surface area contributed by atoms with Gasteiger partial charge in [-0.1, -0.05) is 11.6 Å². The summed E-state index contributed by atoms with van der Waals surface area (Å²) in [5.74, 6) is -0.544. The molecule has 0 spiro atoms. The Labute approximate surface area is 160 Å². The Morgan fingerprint density at radius 3 is 2.50 bits per heavy atom. The smallest absolute Gasteiger partial charge is 0.426 e. The maximum absolute atomic E-state index is 13.9. The molecule has 148 valence electrons. The average Bonchev–Trinajstić information content (AvgIpc) is 2.61. The second-order valence-electron chi connectivity index (χ2n) is 5.84. The summed E-state index contributed by atoms with van der Waals surface area (Å²) in [6.45, 7) is -1.11. The molecule has 1 atom stereocenters. The van der Waals surface area contributed by atoms with Crippen LogP contribution in [0.25, 0.3) is 0 Å². The third kappa shape index (κ3) is 3.81. The van der Waals surface area contributed by atoms with E-state index in [-0.39, 0.29) is 16.4 Å². The molecule has 11 heteroatoms. The summed E-state index contributed by atoms with van der Waals surface area (Å²) in [4.78, 5) is 23.7. The molecular formula is C17H12ClF4N3O3. The van der Waals surface area contributed by atoms with E-state index in [1.165, 1.54) is 24.3 Å². The van der Waals surface area contributed by atoms with E-state index in [0.717, 1.165) is 18.2 Å². The first-order valence-corrected chi connectivity index (χ1v) is 8.16. The predicted octanol–water partition coefficient (Wildman–Crippen LogP) is 4.62. The second kappa shape index (κ2) is 7.19. The highest BCUT2D eigenvalue weighted by atomic mass is 35.5. The summed E-state index contributed by atoms with van der Waals surface area (Å²) in [5.41, 5.74) is -3.57. The molecule has 2 aromatic rings. The van der Waals surface area contributed by atoms with Gasteiger partial charge in [-0.05, 0) is 42.5 Å². The predicted molar refractivity (Wildman–Crippen MR) is 92.7 cm³/mol. The number of alkyl halides is 3. The molecule has 1 heterocycles. The van der Waals surface area contributed by atoms with E-state index < -0.39 is 41.8 Å². The lowest BCUT2D eigenvalue weighted by molar-refractivity contribution is -0.261. The lowest BCUT2D eigenvalue weighted by atomic mass is 9.89. The monoisotopic (exact) mass is 417 g/mol. The van der Waals surface area contributed by atoms with Crippen LogP contribution in [0, 0.1) is 5.82 Å². The minimum Gasteiger partial charge on any atom is -0.426 e. The van der Waals surface area contributed by atoms with Crippen molar-refractivity contribution in [2.75, 3.05) is 17.2 Å². The number of ether oxygens (including phenoxy) is 1. The fourth-order valence-electron chi connectivity index (χ4n) is 2.66. The van der Waals surface area contributed by atoms with Crippen molar-refractivity contribution in [1.82, 2.24) is 5.32 Å². The van der Waals surface area contributed by atoms with Crippen LogP contribution in [-0.2, 0) is 10.3 Å². The molecule has 6 nitrogen and oxygen atoms in total. The van der Waals surface area contributed by atoms with Gasteiger partial charge in [0.1, 0.15) is 5.82 Å². The standard InChI is InChI=1S/C17H12ClF4N3O3/c18-9-1-6-13-12(7-9)16(17(20,21)22,28-15(27)25-13)8-23-14(26)24-11-4-2-10(19)3-5-11/h1-7H,8H2,(H,25,27)(H2,23,24,26)/t16-/m1/s1. The lowest BCUT2D eigenvalue weighted by Gasteiger charge is -2.39. The van der Waals surface area contributed by atoms with E-state index in [4.69, 9.17) is 11.6 Å². The van der Waals surface area contributed by atoms with Gasteiger partial charge >= 0.3 is 18.3 Å². The van der Waals surface area contributed by atoms with Crippen LogP contribution in [-0.4, -0.2) is 24.8 Å². The average molecular weight is 418 g/mol. The van der Waals surface area contributed by atoms with Crippen molar-refractivity contribution in [3.63, 3.8) is 0 Å². The number of rotatable bonds is 3. The number of carbonyl (C=O) groups excluding carboxylic acids is 2. The fraction of sp³-hybridized carbons (Fsp3) is 0.176. The molecular weight excluding hydrogens is 406 g/mol. The van der Waals surface area contributed by atoms with E-state index in [2.05, 4.69) is 15.4 Å². The zero-order valence-corrected chi connectivity index (χ0v) is 14.6. The van der Waals surface area contributed by atoms with Crippen LogP contribution >= 0.6 is 11.6 Å². The summed E-state index contributed by atoms with van der Waals surface area (Å²) in [6, 6.07) is 7.11. The van der Waals surface area contributed by atoms with Crippen LogP contribution in [0.4, 0.5) is 38.5 Å². The van der Waals surface area contributed by atoms with E-state index in [1.54, 1.807) is 0 Å². The molecule has 3 rings (SSSR count). The summed E-state index contributed by atoms with van der Waals surface area (Å²) >= 11 is 5.81. The number of benzene rings is 2. The second-order valence-corrected chi connectivity index (χ2v) is 6.28. The first kappa shape index (κ1) is 19.7. The van der Waals surface area contributed by atoms with E-state index in [1.807, 2.05) is 5.32 Å². The summed E-state index contributed by atoms with van der Waals surface area (Å²) < 4.78 is 59.3. The van der Waals surface area contributed by atoms with Gasteiger partial charge in [0.2, 0.25) is 0 Å². The Balaban J connectivity index is 1.87. The molecule has 28 heavy (non-hydrogen) atoms. The van der Waals surface area contributed by atoms with Crippen molar-refractivity contribution in [2.45, 2.75) is 11.8 Å². The molecule has 0 saturated carbocycles. The van der Waals surface area contributed by atoms with Crippen molar-refractivity contribution < 1.29 is 31.9 Å². The van der Waals surface area contributed by atoms with Gasteiger partial charge in [-0.3, -0.25) is 5.32 Å². The zero-order chi connectivity index (χ0) is 20.5. The topological polar surface area (TPSA) is 79.5 Å². The van der Waals surface area contributed by atoms with Crippen LogP contribution in [0.15, 0.2) is 42.5 Å². The Bertz CT molecular complexity index is 921. The van der Waals surface area contributed by atoms with Crippen molar-refractivity contribution in [3.8, 4) is 0 Å². The minimum atomic E-state index is -5.06. The molecule has 3 amide bonds. The Kier molecular flexibility index (Phi) is 5.07. The van der Waals surface area contributed by atoms with Crippen LogP contribution in [0.3, 0.4) is 0 Å². The highest BCUT2D eigenvalue weighted by molar-refractivity contribution is 6.30. The number of urea groups is 1. The highest BCUT2D eigenvalue weighted by Gasteiger charge is 2.62. The van der Waals surface area contributed by atoms with Gasteiger partial charge in [0.05, 0.1) is 12.2 Å². The van der Waals surface area contributed by atoms with Gasteiger partial charge in [-0.2, -0.15) is 13.2 Å². The van der Waals surface area contributed by atoms with Gasteiger partial charge in [-0.15, -0.1) is 0 Å². The van der Waals surface area contributed by atoms with Gasteiger partial charge in [-0.25, -0.2) is 14.0 Å². The van der Waals surface area contributed by atoms with Crippen molar-refractivity contribution in [2.24, 2.45) is 0 Å². The Morgan fingerprint density at radius 2 is 1.86 bits per heavy atom. The molecule has 0 saturated heterocycles.